The zero-order valence-corrected chi connectivity index (χ0v) is 9.94. The third kappa shape index (κ3) is 1.13. The minimum Gasteiger partial charge on any atom is -0.0614 e. The van der Waals surface area contributed by atoms with Crippen LogP contribution in [0.3, 0.4) is 0 Å². The fourth-order valence-electron chi connectivity index (χ4n) is 2.77. The molecule has 1 aromatic carbocycles. The molecule has 14 heavy (non-hydrogen) atoms. The molecule has 1 aliphatic rings. The van der Waals surface area contributed by atoms with Gasteiger partial charge >= 0.3 is 0 Å². The summed E-state index contributed by atoms with van der Waals surface area (Å²) in [5.41, 5.74) is 6.50. The molecule has 1 atom stereocenters. The van der Waals surface area contributed by atoms with Gasteiger partial charge in [0.25, 0.3) is 0 Å². The van der Waals surface area contributed by atoms with Crippen LogP contribution < -0.4 is 0 Å². The van der Waals surface area contributed by atoms with E-state index in [0.717, 1.165) is 5.92 Å². The number of aryl methyl sites for hydroxylation is 1. The second-order valence-corrected chi connectivity index (χ2v) is 5.37. The summed E-state index contributed by atoms with van der Waals surface area (Å²) in [6.45, 7) is 11.6. The second kappa shape index (κ2) is 2.85. The van der Waals surface area contributed by atoms with Crippen molar-refractivity contribution in [1.82, 2.24) is 0 Å². The largest absolute Gasteiger partial charge is 0.0614 e. The quantitative estimate of drug-likeness (QED) is 0.581. The predicted molar refractivity (Wildman–Crippen MR) is 61.8 cm³/mol. The highest BCUT2D eigenvalue weighted by Crippen LogP contribution is 2.44. The third-order valence-electron chi connectivity index (χ3n) is 4.22. The van der Waals surface area contributed by atoms with Crippen molar-refractivity contribution in [2.24, 2.45) is 5.92 Å². The molecular formula is C14H20. The normalized spacial score (nSPS) is 23.6. The molecule has 0 amide bonds. The highest BCUT2D eigenvalue weighted by atomic mass is 14.4. The van der Waals surface area contributed by atoms with Gasteiger partial charge in [0.1, 0.15) is 0 Å². The van der Waals surface area contributed by atoms with Crippen molar-refractivity contribution in [1.29, 1.82) is 0 Å². The number of hydrogen-bond donors (Lipinski definition) is 0. The molecule has 0 radical (unpaired) electrons. The lowest BCUT2D eigenvalue weighted by Crippen LogP contribution is -2.22. The lowest BCUT2D eigenvalue weighted by atomic mass is 9.77. The summed E-state index contributed by atoms with van der Waals surface area (Å²) in [5.74, 6) is 0.776. The van der Waals surface area contributed by atoms with Crippen molar-refractivity contribution in [3.8, 4) is 0 Å². The first-order chi connectivity index (χ1) is 6.44. The zero-order chi connectivity index (χ0) is 10.5. The number of hydrogen-bond acceptors (Lipinski definition) is 0. The van der Waals surface area contributed by atoms with Crippen molar-refractivity contribution in [2.45, 2.75) is 46.5 Å². The summed E-state index contributed by atoms with van der Waals surface area (Å²) >= 11 is 0. The van der Waals surface area contributed by atoms with Crippen LogP contribution in [0.2, 0.25) is 0 Å². The Labute approximate surface area is 87.3 Å². The van der Waals surface area contributed by atoms with Gasteiger partial charge in [-0.1, -0.05) is 32.9 Å². The molecule has 0 bridgehead atoms. The van der Waals surface area contributed by atoms with Crippen molar-refractivity contribution >= 4 is 0 Å². The van der Waals surface area contributed by atoms with Gasteiger partial charge in [-0.2, -0.15) is 0 Å². The average Bonchev–Trinajstić information content (AvgIpc) is 2.32. The molecule has 1 aliphatic carbocycles. The van der Waals surface area contributed by atoms with Crippen molar-refractivity contribution in [3.05, 3.63) is 34.4 Å². The Morgan fingerprint density at radius 3 is 2.50 bits per heavy atom. The van der Waals surface area contributed by atoms with Crippen molar-refractivity contribution in [3.63, 3.8) is 0 Å². The lowest BCUT2D eigenvalue weighted by Gasteiger charge is -2.27. The van der Waals surface area contributed by atoms with Crippen LogP contribution in [0.5, 0.6) is 0 Å². The standard InChI is InChI=1S/C14H20/c1-9-6-7-12-8-10(2)14(4,5)13(12)11(9)3/h6-7,10H,8H2,1-5H3. The van der Waals surface area contributed by atoms with Gasteiger partial charge < -0.3 is 0 Å². The smallest absolute Gasteiger partial charge is 0.00693 e. The van der Waals surface area contributed by atoms with E-state index in [1.165, 1.54) is 17.5 Å². The molecule has 76 valence electrons. The molecule has 0 aromatic heterocycles. The van der Waals surface area contributed by atoms with Crippen LogP contribution in [0.1, 0.15) is 43.0 Å². The highest BCUT2D eigenvalue weighted by molar-refractivity contribution is 5.48. The molecule has 0 saturated carbocycles. The topological polar surface area (TPSA) is 0 Å². The van der Waals surface area contributed by atoms with Crippen LogP contribution in [0.15, 0.2) is 12.1 Å². The van der Waals surface area contributed by atoms with E-state index in [9.17, 15) is 0 Å². The maximum Gasteiger partial charge on any atom is -0.00693 e. The molecule has 1 unspecified atom stereocenters. The van der Waals surface area contributed by atoms with Gasteiger partial charge in [-0.3, -0.25) is 0 Å². The molecule has 0 N–H and O–H groups in total. The van der Waals surface area contributed by atoms with E-state index < -0.39 is 0 Å². The molecule has 0 heterocycles. The Kier molecular flexibility index (Phi) is 1.99. The Bertz CT molecular complexity index is 372. The summed E-state index contributed by atoms with van der Waals surface area (Å²) in [4.78, 5) is 0. The van der Waals surface area contributed by atoms with E-state index in [1.54, 1.807) is 11.1 Å². The predicted octanol–water partition coefficient (Wildman–Crippen LogP) is 3.77. The first-order valence-corrected chi connectivity index (χ1v) is 5.54. The van der Waals surface area contributed by atoms with E-state index in [1.807, 2.05) is 0 Å². The van der Waals surface area contributed by atoms with Crippen LogP contribution in [-0.4, -0.2) is 0 Å². The van der Waals surface area contributed by atoms with Gasteiger partial charge in [-0.15, -0.1) is 0 Å². The van der Waals surface area contributed by atoms with Gasteiger partial charge in [-0.05, 0) is 53.9 Å². The average molecular weight is 188 g/mol. The number of benzene rings is 1. The fraction of sp³-hybridized carbons (Fsp3) is 0.571. The summed E-state index contributed by atoms with van der Waals surface area (Å²) in [6.07, 6.45) is 1.25. The molecule has 0 aliphatic heterocycles. The van der Waals surface area contributed by atoms with Gasteiger partial charge in [0, 0.05) is 0 Å². The first kappa shape index (κ1) is 9.76. The maximum atomic E-state index is 2.38. The fourth-order valence-corrected chi connectivity index (χ4v) is 2.77. The number of fused-ring (bicyclic) bond motifs is 1. The molecule has 0 saturated heterocycles. The van der Waals surface area contributed by atoms with Crippen LogP contribution in [0.4, 0.5) is 0 Å². The molecular weight excluding hydrogens is 168 g/mol. The molecule has 2 rings (SSSR count). The van der Waals surface area contributed by atoms with E-state index in [4.69, 9.17) is 0 Å². The Hall–Kier alpha value is -0.780. The van der Waals surface area contributed by atoms with E-state index in [0.29, 0.717) is 5.41 Å². The Balaban J connectivity index is 2.68. The number of rotatable bonds is 0. The lowest BCUT2D eigenvalue weighted by molar-refractivity contribution is 0.378. The van der Waals surface area contributed by atoms with Gasteiger partial charge in [-0.25, -0.2) is 0 Å². The molecule has 1 aromatic rings. The third-order valence-corrected chi connectivity index (χ3v) is 4.22. The summed E-state index contributed by atoms with van der Waals surface area (Å²) in [5, 5.41) is 0. The summed E-state index contributed by atoms with van der Waals surface area (Å²) in [7, 11) is 0. The van der Waals surface area contributed by atoms with Crippen LogP contribution >= 0.6 is 0 Å². The Morgan fingerprint density at radius 2 is 1.86 bits per heavy atom. The molecule has 0 nitrogen and oxygen atoms in total. The highest BCUT2D eigenvalue weighted by Gasteiger charge is 2.37. The summed E-state index contributed by atoms with van der Waals surface area (Å²) < 4.78 is 0. The van der Waals surface area contributed by atoms with E-state index in [2.05, 4.69) is 46.8 Å². The van der Waals surface area contributed by atoms with Gasteiger partial charge in [0.05, 0.1) is 0 Å². The maximum absolute atomic E-state index is 2.38. The van der Waals surface area contributed by atoms with Crippen LogP contribution in [-0.2, 0) is 11.8 Å². The van der Waals surface area contributed by atoms with Gasteiger partial charge in [0.15, 0.2) is 0 Å². The minimum absolute atomic E-state index is 0.367. The second-order valence-electron chi connectivity index (χ2n) is 5.37. The Morgan fingerprint density at radius 1 is 1.21 bits per heavy atom. The first-order valence-electron chi connectivity index (χ1n) is 5.54. The molecule has 0 spiro atoms. The van der Waals surface area contributed by atoms with Crippen LogP contribution in [0, 0.1) is 19.8 Å². The monoisotopic (exact) mass is 188 g/mol. The van der Waals surface area contributed by atoms with Gasteiger partial charge in [0.2, 0.25) is 0 Å². The zero-order valence-electron chi connectivity index (χ0n) is 9.94. The molecule has 0 heteroatoms. The van der Waals surface area contributed by atoms with Crippen molar-refractivity contribution < 1.29 is 0 Å². The van der Waals surface area contributed by atoms with Crippen LogP contribution in [0.25, 0.3) is 0 Å². The SMILES string of the molecule is Cc1ccc2c(c1C)C(C)(C)C(C)C2. The molecule has 0 fully saturated rings. The summed E-state index contributed by atoms with van der Waals surface area (Å²) in [6, 6.07) is 4.59. The van der Waals surface area contributed by atoms with Crippen molar-refractivity contribution in [2.75, 3.05) is 0 Å². The minimum atomic E-state index is 0.367. The van der Waals surface area contributed by atoms with E-state index in [-0.39, 0.29) is 0 Å². The van der Waals surface area contributed by atoms with E-state index >= 15 is 0 Å².